The Morgan fingerprint density at radius 2 is 1.77 bits per heavy atom. The van der Waals surface area contributed by atoms with Gasteiger partial charge in [-0.3, -0.25) is 4.79 Å². The van der Waals surface area contributed by atoms with Crippen LogP contribution < -0.4 is 5.11 Å². The molecule has 0 saturated carbocycles. The minimum Gasteiger partial charge on any atom is -0.542 e. The highest BCUT2D eigenvalue weighted by molar-refractivity contribution is 6.33. The van der Waals surface area contributed by atoms with Gasteiger partial charge < -0.3 is 9.90 Å². The molecule has 0 aliphatic heterocycles. The lowest BCUT2D eigenvalue weighted by Gasteiger charge is -2.10. The molecule has 1 atom stereocenters. The summed E-state index contributed by atoms with van der Waals surface area (Å²) in [5, 5.41) is 10.3. The quantitative estimate of drug-likeness (QED) is 0.615. The number of aliphatic carboxylic acids is 1. The molecule has 13 heavy (non-hydrogen) atoms. The zero-order chi connectivity index (χ0) is 9.84. The summed E-state index contributed by atoms with van der Waals surface area (Å²) < 4.78 is 0. The van der Waals surface area contributed by atoms with Crippen LogP contribution in [0.3, 0.4) is 0 Å². The summed E-state index contributed by atoms with van der Waals surface area (Å²) in [6.07, 6.45) is 0. The lowest BCUT2D eigenvalue weighted by Crippen LogP contribution is -2.34. The Labute approximate surface area is 76.0 Å². The predicted molar refractivity (Wildman–Crippen MR) is 44.9 cm³/mol. The van der Waals surface area contributed by atoms with Crippen molar-refractivity contribution in [2.24, 2.45) is 0 Å². The van der Waals surface area contributed by atoms with E-state index >= 15 is 0 Å². The average Bonchev–Trinajstić information content (AvgIpc) is 2.17. The van der Waals surface area contributed by atoms with E-state index in [1.165, 1.54) is 0 Å². The van der Waals surface area contributed by atoms with Crippen molar-refractivity contribution in [3.05, 3.63) is 35.9 Å². The van der Waals surface area contributed by atoms with E-state index < -0.39 is 17.7 Å². The van der Waals surface area contributed by atoms with Crippen LogP contribution in [0.2, 0.25) is 0 Å². The van der Waals surface area contributed by atoms with Gasteiger partial charge in [-0.15, -0.1) is 0 Å². The summed E-state index contributed by atoms with van der Waals surface area (Å²) in [4.78, 5) is 21.2. The number of hydrogen-bond acceptors (Lipinski definition) is 3. The van der Waals surface area contributed by atoms with Crippen LogP contribution in [0.4, 0.5) is 0 Å². The molecule has 0 fully saturated rings. The smallest absolute Gasteiger partial charge is 0.185 e. The van der Waals surface area contributed by atoms with Crippen molar-refractivity contribution < 1.29 is 14.7 Å². The number of carboxylic acid groups (broad SMARTS) is 1. The second-order valence-electron chi connectivity index (χ2n) is 2.78. The molecule has 0 aromatic heterocycles. The zero-order valence-corrected chi connectivity index (χ0v) is 7.19. The number of benzene rings is 1. The molecule has 1 aromatic carbocycles. The maximum Gasteiger partial charge on any atom is 0.185 e. The van der Waals surface area contributed by atoms with Crippen LogP contribution >= 0.6 is 0 Å². The minimum absolute atomic E-state index is 0.633. The predicted octanol–water partition coefficient (Wildman–Crippen LogP) is 0.109. The standard InChI is InChI=1S/C10H10O3/c1-7(9(11)10(12)13)8-5-3-2-4-6-8/h2-7H,1H3,(H,12,13)/p-1/t7-/m1/s1. The number of ketones is 1. The Balaban J connectivity index is 2.86. The monoisotopic (exact) mass is 177 g/mol. The van der Waals surface area contributed by atoms with E-state index in [0.717, 1.165) is 0 Å². The molecule has 0 radical (unpaired) electrons. The number of hydrogen-bond donors (Lipinski definition) is 0. The third-order valence-electron chi connectivity index (χ3n) is 1.89. The summed E-state index contributed by atoms with van der Waals surface area (Å²) in [5.74, 6) is -3.14. The Morgan fingerprint density at radius 1 is 1.23 bits per heavy atom. The molecule has 0 aliphatic rings. The largest absolute Gasteiger partial charge is 0.542 e. The summed E-state index contributed by atoms with van der Waals surface area (Å²) in [7, 11) is 0. The third kappa shape index (κ3) is 2.15. The first kappa shape index (κ1) is 9.45. The Kier molecular flexibility index (Phi) is 2.80. The number of carbonyl (C=O) groups excluding carboxylic acids is 2. The SMILES string of the molecule is C[C@@H](C(=O)C(=O)[O-])c1ccccc1. The lowest BCUT2D eigenvalue weighted by molar-refractivity contribution is -0.300. The van der Waals surface area contributed by atoms with Gasteiger partial charge in [0.2, 0.25) is 0 Å². The first-order valence-corrected chi connectivity index (χ1v) is 3.93. The van der Waals surface area contributed by atoms with Crippen molar-refractivity contribution in [2.75, 3.05) is 0 Å². The number of carboxylic acids is 1. The van der Waals surface area contributed by atoms with Crippen LogP contribution in [-0.4, -0.2) is 11.8 Å². The van der Waals surface area contributed by atoms with Crippen molar-refractivity contribution in [1.29, 1.82) is 0 Å². The maximum absolute atomic E-state index is 11.0. The van der Waals surface area contributed by atoms with Crippen LogP contribution in [0.15, 0.2) is 30.3 Å². The van der Waals surface area contributed by atoms with Crippen LogP contribution in [0.25, 0.3) is 0 Å². The third-order valence-corrected chi connectivity index (χ3v) is 1.89. The summed E-state index contributed by atoms with van der Waals surface area (Å²) in [6.45, 7) is 1.55. The van der Waals surface area contributed by atoms with Gasteiger partial charge in [-0.05, 0) is 5.56 Å². The first-order valence-electron chi connectivity index (χ1n) is 3.93. The van der Waals surface area contributed by atoms with E-state index in [1.807, 2.05) is 0 Å². The maximum atomic E-state index is 11.0. The van der Waals surface area contributed by atoms with Gasteiger partial charge in [0.25, 0.3) is 0 Å². The van der Waals surface area contributed by atoms with Crippen molar-refractivity contribution >= 4 is 11.8 Å². The average molecular weight is 177 g/mol. The number of Topliss-reactive ketones (excluding diaryl/α,β-unsaturated/α-hetero) is 1. The minimum atomic E-state index is -1.63. The highest BCUT2D eigenvalue weighted by atomic mass is 16.4. The molecule has 0 spiro atoms. The molecule has 0 N–H and O–H groups in total. The van der Waals surface area contributed by atoms with Crippen LogP contribution in [0.5, 0.6) is 0 Å². The fraction of sp³-hybridized carbons (Fsp3) is 0.200. The normalized spacial score (nSPS) is 12.1. The second-order valence-corrected chi connectivity index (χ2v) is 2.78. The van der Waals surface area contributed by atoms with Gasteiger partial charge in [-0.25, -0.2) is 0 Å². The molecule has 1 aromatic rings. The van der Waals surface area contributed by atoms with E-state index in [2.05, 4.69) is 0 Å². The molecule has 68 valence electrons. The van der Waals surface area contributed by atoms with E-state index in [4.69, 9.17) is 0 Å². The van der Waals surface area contributed by atoms with Gasteiger partial charge in [-0.1, -0.05) is 37.3 Å². The number of carbonyl (C=O) groups is 2. The van der Waals surface area contributed by atoms with E-state index in [0.29, 0.717) is 5.56 Å². The molecule has 0 aliphatic carbocycles. The summed E-state index contributed by atoms with van der Waals surface area (Å²) in [5.41, 5.74) is 0.691. The lowest BCUT2D eigenvalue weighted by atomic mass is 9.97. The van der Waals surface area contributed by atoms with E-state index in [9.17, 15) is 14.7 Å². The molecule has 0 amide bonds. The van der Waals surface area contributed by atoms with Crippen molar-refractivity contribution in [3.63, 3.8) is 0 Å². The van der Waals surface area contributed by atoms with Crippen molar-refractivity contribution in [3.8, 4) is 0 Å². The molecule has 0 saturated heterocycles. The second kappa shape index (κ2) is 3.85. The topological polar surface area (TPSA) is 57.2 Å². The van der Waals surface area contributed by atoms with Crippen LogP contribution in [-0.2, 0) is 9.59 Å². The van der Waals surface area contributed by atoms with E-state index in [-0.39, 0.29) is 0 Å². The highest BCUT2D eigenvalue weighted by Gasteiger charge is 2.14. The molecule has 1 rings (SSSR count). The van der Waals surface area contributed by atoms with Gasteiger partial charge in [0, 0.05) is 5.92 Å². The van der Waals surface area contributed by atoms with Crippen molar-refractivity contribution in [2.45, 2.75) is 12.8 Å². The van der Waals surface area contributed by atoms with Gasteiger partial charge in [0.15, 0.2) is 5.78 Å². The molecule has 0 bridgehead atoms. The molecular weight excluding hydrogens is 168 g/mol. The fourth-order valence-electron chi connectivity index (χ4n) is 1.07. The number of rotatable bonds is 3. The summed E-state index contributed by atoms with van der Waals surface area (Å²) >= 11 is 0. The van der Waals surface area contributed by atoms with Gasteiger partial charge in [0.05, 0.1) is 0 Å². The van der Waals surface area contributed by atoms with Gasteiger partial charge in [0.1, 0.15) is 5.97 Å². The Hall–Kier alpha value is -1.64. The molecule has 3 heteroatoms. The Bertz CT molecular complexity index is 316. The van der Waals surface area contributed by atoms with Crippen LogP contribution in [0.1, 0.15) is 18.4 Å². The van der Waals surface area contributed by atoms with Crippen molar-refractivity contribution in [1.82, 2.24) is 0 Å². The molecule has 0 heterocycles. The molecule has 3 nitrogen and oxygen atoms in total. The fourth-order valence-corrected chi connectivity index (χ4v) is 1.07. The highest BCUT2D eigenvalue weighted by Crippen LogP contribution is 2.14. The zero-order valence-electron chi connectivity index (χ0n) is 7.19. The van der Waals surface area contributed by atoms with Gasteiger partial charge >= 0.3 is 0 Å². The molecule has 0 unspecified atom stereocenters. The Morgan fingerprint density at radius 3 is 2.23 bits per heavy atom. The van der Waals surface area contributed by atoms with Crippen LogP contribution in [0, 0.1) is 0 Å². The summed E-state index contributed by atoms with van der Waals surface area (Å²) in [6, 6.07) is 8.75. The first-order chi connectivity index (χ1) is 6.13. The van der Waals surface area contributed by atoms with Gasteiger partial charge in [-0.2, -0.15) is 0 Å². The van der Waals surface area contributed by atoms with E-state index in [1.54, 1.807) is 37.3 Å². The molecular formula is C10H9O3-.